The van der Waals surface area contributed by atoms with Crippen molar-refractivity contribution in [2.24, 2.45) is 0 Å². The van der Waals surface area contributed by atoms with Gasteiger partial charge in [0.05, 0.1) is 0 Å². The highest BCUT2D eigenvalue weighted by Gasteiger charge is 2.10. The molecule has 1 aromatic heterocycles. The Morgan fingerprint density at radius 3 is 2.88 bits per heavy atom. The third kappa shape index (κ3) is 2.75. The molecule has 0 atom stereocenters. The number of benzene rings is 1. The first-order valence-corrected chi connectivity index (χ1v) is 5.71. The van der Waals surface area contributed by atoms with Gasteiger partial charge in [-0.25, -0.2) is 9.97 Å². The monoisotopic (exact) mass is 226 g/mol. The lowest BCUT2D eigenvalue weighted by Crippen LogP contribution is -2.04. The summed E-state index contributed by atoms with van der Waals surface area (Å²) in [7, 11) is 0. The molecule has 0 bridgehead atoms. The number of nitrogens with zero attached hydrogens (tertiary/aromatic N) is 2. The predicted octanol–water partition coefficient (Wildman–Crippen LogP) is 2.66. The topological polar surface area (TPSA) is 42.9 Å². The first kappa shape index (κ1) is 11.5. The summed E-state index contributed by atoms with van der Waals surface area (Å²) in [6.45, 7) is 2.12. The van der Waals surface area contributed by atoms with Gasteiger partial charge in [0.15, 0.2) is 0 Å². The average Bonchev–Trinajstić information content (AvgIpc) is 2.40. The summed E-state index contributed by atoms with van der Waals surface area (Å²) in [5, 5.41) is 0. The van der Waals surface area contributed by atoms with Crippen LogP contribution in [0.5, 0.6) is 0 Å². The van der Waals surface area contributed by atoms with Gasteiger partial charge in [-0.2, -0.15) is 0 Å². The Hall–Kier alpha value is -2.03. The van der Waals surface area contributed by atoms with E-state index in [9.17, 15) is 4.79 Å². The minimum Gasteiger partial charge on any atom is -0.287 e. The van der Waals surface area contributed by atoms with Crippen LogP contribution in [0.25, 0.3) is 0 Å². The first-order chi connectivity index (χ1) is 8.31. The molecule has 0 amide bonds. The molecule has 0 unspecified atom stereocenters. The lowest BCUT2D eigenvalue weighted by molar-refractivity contribution is 0.103. The smallest absolute Gasteiger partial charge is 0.211 e. The van der Waals surface area contributed by atoms with Crippen LogP contribution in [0, 0.1) is 0 Å². The Morgan fingerprint density at radius 1 is 1.29 bits per heavy atom. The third-order valence-corrected chi connectivity index (χ3v) is 2.54. The van der Waals surface area contributed by atoms with Crippen LogP contribution in [-0.4, -0.2) is 15.8 Å². The zero-order valence-electron chi connectivity index (χ0n) is 9.76. The number of hydrogen-bond acceptors (Lipinski definition) is 3. The molecule has 17 heavy (non-hydrogen) atoms. The van der Waals surface area contributed by atoms with E-state index in [-0.39, 0.29) is 5.78 Å². The highest BCUT2D eigenvalue weighted by atomic mass is 16.1. The Labute approximate surface area is 101 Å². The number of hydrogen-bond donors (Lipinski definition) is 0. The Balaban J connectivity index is 2.28. The fourth-order valence-corrected chi connectivity index (χ4v) is 1.73. The zero-order valence-corrected chi connectivity index (χ0v) is 9.76. The van der Waals surface area contributed by atoms with Gasteiger partial charge < -0.3 is 0 Å². The van der Waals surface area contributed by atoms with Crippen molar-refractivity contribution in [2.45, 2.75) is 19.8 Å². The highest BCUT2D eigenvalue weighted by molar-refractivity contribution is 6.07. The first-order valence-electron chi connectivity index (χ1n) is 5.71. The fraction of sp³-hybridized carbons (Fsp3) is 0.214. The summed E-state index contributed by atoms with van der Waals surface area (Å²) in [5.74, 6) is -0.0506. The van der Waals surface area contributed by atoms with Crippen LogP contribution in [-0.2, 0) is 6.42 Å². The van der Waals surface area contributed by atoms with Gasteiger partial charge in [-0.15, -0.1) is 0 Å². The van der Waals surface area contributed by atoms with Crippen LogP contribution in [0.15, 0.2) is 42.9 Å². The zero-order chi connectivity index (χ0) is 12.1. The minimum atomic E-state index is -0.0506. The molecular formula is C14H14N2O. The van der Waals surface area contributed by atoms with Crippen molar-refractivity contribution >= 4 is 5.78 Å². The van der Waals surface area contributed by atoms with Gasteiger partial charge in [0, 0.05) is 11.8 Å². The van der Waals surface area contributed by atoms with Crippen molar-refractivity contribution in [3.05, 3.63) is 59.7 Å². The molecule has 86 valence electrons. The van der Waals surface area contributed by atoms with Crippen LogP contribution in [0.3, 0.4) is 0 Å². The van der Waals surface area contributed by atoms with Crippen molar-refractivity contribution in [1.82, 2.24) is 9.97 Å². The summed E-state index contributed by atoms with van der Waals surface area (Å²) < 4.78 is 0. The molecule has 0 saturated heterocycles. The van der Waals surface area contributed by atoms with Gasteiger partial charge in [0.25, 0.3) is 0 Å². The number of ketones is 1. The van der Waals surface area contributed by atoms with Gasteiger partial charge in [-0.3, -0.25) is 4.79 Å². The molecule has 0 spiro atoms. The van der Waals surface area contributed by atoms with E-state index in [4.69, 9.17) is 0 Å². The van der Waals surface area contributed by atoms with Crippen molar-refractivity contribution in [3.63, 3.8) is 0 Å². The van der Waals surface area contributed by atoms with Gasteiger partial charge in [0.1, 0.15) is 12.0 Å². The molecule has 0 aliphatic carbocycles. The molecule has 2 rings (SSSR count). The summed E-state index contributed by atoms with van der Waals surface area (Å²) >= 11 is 0. The van der Waals surface area contributed by atoms with Crippen LogP contribution in [0.4, 0.5) is 0 Å². The number of aryl methyl sites for hydroxylation is 1. The molecule has 0 aliphatic heterocycles. The summed E-state index contributed by atoms with van der Waals surface area (Å²) in [6.07, 6.45) is 5.04. The third-order valence-electron chi connectivity index (χ3n) is 2.54. The molecule has 0 aliphatic rings. The van der Waals surface area contributed by atoms with E-state index in [1.54, 1.807) is 12.3 Å². The van der Waals surface area contributed by atoms with E-state index < -0.39 is 0 Å². The quantitative estimate of drug-likeness (QED) is 0.753. The lowest BCUT2D eigenvalue weighted by Gasteiger charge is -2.03. The van der Waals surface area contributed by atoms with E-state index in [0.29, 0.717) is 11.3 Å². The Bertz CT molecular complexity index is 509. The Morgan fingerprint density at radius 2 is 2.18 bits per heavy atom. The molecule has 0 radical (unpaired) electrons. The van der Waals surface area contributed by atoms with Crippen molar-refractivity contribution in [2.75, 3.05) is 0 Å². The second kappa shape index (κ2) is 5.34. The number of aromatic nitrogens is 2. The van der Waals surface area contributed by atoms with Crippen LogP contribution < -0.4 is 0 Å². The molecule has 0 N–H and O–H groups in total. The predicted molar refractivity (Wildman–Crippen MR) is 65.9 cm³/mol. The van der Waals surface area contributed by atoms with Gasteiger partial charge in [-0.05, 0) is 24.1 Å². The van der Waals surface area contributed by atoms with Crippen molar-refractivity contribution in [1.29, 1.82) is 0 Å². The second-order valence-electron chi connectivity index (χ2n) is 3.87. The van der Waals surface area contributed by atoms with Gasteiger partial charge >= 0.3 is 0 Å². The molecule has 1 aromatic carbocycles. The minimum absolute atomic E-state index is 0.0506. The number of carbonyl (C=O) groups excluding carboxylic acids is 1. The molecule has 0 fully saturated rings. The van der Waals surface area contributed by atoms with E-state index in [2.05, 4.69) is 16.9 Å². The summed E-state index contributed by atoms with van der Waals surface area (Å²) in [4.78, 5) is 19.9. The van der Waals surface area contributed by atoms with Crippen LogP contribution in [0.2, 0.25) is 0 Å². The van der Waals surface area contributed by atoms with E-state index in [0.717, 1.165) is 12.8 Å². The Kier molecular flexibility index (Phi) is 3.60. The van der Waals surface area contributed by atoms with Crippen molar-refractivity contribution in [3.8, 4) is 0 Å². The average molecular weight is 226 g/mol. The maximum atomic E-state index is 12.1. The molecule has 3 heteroatoms. The van der Waals surface area contributed by atoms with E-state index >= 15 is 0 Å². The number of carbonyl (C=O) groups is 1. The SMILES string of the molecule is CCCc1cccc(C(=O)c2ccncn2)c1. The second-order valence-corrected chi connectivity index (χ2v) is 3.87. The normalized spacial score (nSPS) is 10.2. The van der Waals surface area contributed by atoms with Crippen LogP contribution >= 0.6 is 0 Å². The maximum absolute atomic E-state index is 12.1. The van der Waals surface area contributed by atoms with Crippen molar-refractivity contribution < 1.29 is 4.79 Å². The molecule has 2 aromatic rings. The summed E-state index contributed by atoms with van der Waals surface area (Å²) in [6, 6.07) is 9.35. The van der Waals surface area contributed by atoms with E-state index in [1.165, 1.54) is 11.9 Å². The largest absolute Gasteiger partial charge is 0.287 e. The highest BCUT2D eigenvalue weighted by Crippen LogP contribution is 2.11. The lowest BCUT2D eigenvalue weighted by atomic mass is 10.0. The number of rotatable bonds is 4. The van der Waals surface area contributed by atoms with E-state index in [1.807, 2.05) is 24.3 Å². The van der Waals surface area contributed by atoms with Crippen LogP contribution in [0.1, 0.15) is 35.0 Å². The van der Waals surface area contributed by atoms with Gasteiger partial charge in [-0.1, -0.05) is 31.5 Å². The molecular weight excluding hydrogens is 212 g/mol. The van der Waals surface area contributed by atoms with Gasteiger partial charge in [0.2, 0.25) is 5.78 Å². The fourth-order valence-electron chi connectivity index (χ4n) is 1.73. The maximum Gasteiger partial charge on any atom is 0.211 e. The summed E-state index contributed by atoms with van der Waals surface area (Å²) in [5.41, 5.74) is 2.32. The molecule has 1 heterocycles. The molecule has 3 nitrogen and oxygen atoms in total. The molecule has 0 saturated carbocycles. The standard InChI is InChI=1S/C14H14N2O/c1-2-4-11-5-3-6-12(9-11)14(17)13-7-8-15-10-16-13/h3,5-10H,2,4H2,1H3.